The van der Waals surface area contributed by atoms with Crippen LogP contribution in [0.15, 0.2) is 53.9 Å². The molecule has 6 nitrogen and oxygen atoms in total. The van der Waals surface area contributed by atoms with Crippen molar-refractivity contribution in [2.45, 2.75) is 6.10 Å². The van der Waals surface area contributed by atoms with Crippen molar-refractivity contribution in [3.05, 3.63) is 53.9 Å². The second kappa shape index (κ2) is 6.64. The first kappa shape index (κ1) is 16.2. The highest BCUT2D eigenvalue weighted by Crippen LogP contribution is 2.33. The minimum atomic E-state index is -0.713. The van der Waals surface area contributed by atoms with Crippen LogP contribution in [0.5, 0.6) is 11.5 Å². The molecule has 1 aliphatic heterocycles. The number of para-hydroxylation sites is 3. The summed E-state index contributed by atoms with van der Waals surface area (Å²) in [5, 5.41) is 6.04. The lowest BCUT2D eigenvalue weighted by molar-refractivity contribution is -0.125. The molecule has 2 aromatic heterocycles. The molecule has 0 unspecified atom stereocenters. The van der Waals surface area contributed by atoms with Crippen molar-refractivity contribution < 1.29 is 14.3 Å². The topological polar surface area (TPSA) is 73.3 Å². The Hall–Kier alpha value is -2.97. The van der Waals surface area contributed by atoms with Crippen molar-refractivity contribution in [2.24, 2.45) is 0 Å². The Morgan fingerprint density at radius 2 is 1.89 bits per heavy atom. The lowest BCUT2D eigenvalue weighted by Gasteiger charge is -2.25. The second-order valence-electron chi connectivity index (χ2n) is 5.88. The van der Waals surface area contributed by atoms with Gasteiger partial charge in [-0.2, -0.15) is 0 Å². The first-order valence-corrected chi connectivity index (χ1v) is 9.97. The monoisotopic (exact) mass is 395 g/mol. The van der Waals surface area contributed by atoms with E-state index in [9.17, 15) is 4.79 Å². The molecule has 134 valence electrons. The molecule has 1 aliphatic rings. The number of carbonyl (C=O) groups is 1. The van der Waals surface area contributed by atoms with Gasteiger partial charge in [0.15, 0.2) is 16.6 Å². The van der Waals surface area contributed by atoms with E-state index in [2.05, 4.69) is 15.3 Å². The molecule has 0 saturated heterocycles. The van der Waals surface area contributed by atoms with E-state index in [0.29, 0.717) is 16.6 Å². The molecule has 4 aromatic rings. The first-order valence-electron chi connectivity index (χ1n) is 8.27. The van der Waals surface area contributed by atoms with Gasteiger partial charge in [0, 0.05) is 5.38 Å². The van der Waals surface area contributed by atoms with Gasteiger partial charge >= 0.3 is 0 Å². The van der Waals surface area contributed by atoms with Gasteiger partial charge in [-0.15, -0.1) is 22.7 Å². The number of carbonyl (C=O) groups excluding carboxylic acids is 1. The highest BCUT2D eigenvalue weighted by atomic mass is 32.1. The third-order valence-corrected chi connectivity index (χ3v) is 5.86. The molecule has 27 heavy (non-hydrogen) atoms. The summed E-state index contributed by atoms with van der Waals surface area (Å²) in [7, 11) is 0. The Balaban J connectivity index is 1.31. The summed E-state index contributed by atoms with van der Waals surface area (Å²) in [5.41, 5.74) is 1.70. The maximum atomic E-state index is 12.5. The van der Waals surface area contributed by atoms with Crippen LogP contribution in [-0.2, 0) is 4.79 Å². The average Bonchev–Trinajstić information content (AvgIpc) is 3.34. The minimum absolute atomic E-state index is 0.166. The number of rotatable bonds is 3. The number of hydrogen-bond donors (Lipinski definition) is 1. The average molecular weight is 395 g/mol. The van der Waals surface area contributed by atoms with Gasteiger partial charge in [-0.25, -0.2) is 9.97 Å². The van der Waals surface area contributed by atoms with E-state index < -0.39 is 6.10 Å². The summed E-state index contributed by atoms with van der Waals surface area (Å²) in [6.45, 7) is 0.166. The molecule has 0 saturated carbocycles. The quantitative estimate of drug-likeness (QED) is 0.563. The summed E-state index contributed by atoms with van der Waals surface area (Å²) < 4.78 is 12.4. The number of aromatic nitrogens is 2. The van der Waals surface area contributed by atoms with Crippen LogP contribution in [0.1, 0.15) is 0 Å². The summed E-state index contributed by atoms with van der Waals surface area (Å²) >= 11 is 2.94. The van der Waals surface area contributed by atoms with Gasteiger partial charge in [0.1, 0.15) is 17.3 Å². The number of fused-ring (bicyclic) bond motifs is 2. The Morgan fingerprint density at radius 3 is 2.78 bits per heavy atom. The number of ether oxygens (including phenoxy) is 2. The van der Waals surface area contributed by atoms with Crippen LogP contribution in [0, 0.1) is 0 Å². The highest BCUT2D eigenvalue weighted by molar-refractivity contribution is 7.22. The Morgan fingerprint density at radius 1 is 1.07 bits per heavy atom. The van der Waals surface area contributed by atoms with Crippen molar-refractivity contribution in [1.29, 1.82) is 0 Å². The summed E-state index contributed by atoms with van der Waals surface area (Å²) in [5.74, 6) is 0.932. The normalized spacial score (nSPS) is 15.6. The second-order valence-corrected chi connectivity index (χ2v) is 7.77. The fourth-order valence-corrected chi connectivity index (χ4v) is 4.44. The van der Waals surface area contributed by atoms with Crippen molar-refractivity contribution >= 4 is 43.9 Å². The molecule has 0 bridgehead atoms. The molecule has 8 heteroatoms. The third-order valence-electron chi connectivity index (χ3n) is 4.05. The van der Waals surface area contributed by atoms with E-state index in [0.717, 1.165) is 20.9 Å². The zero-order chi connectivity index (χ0) is 18.2. The van der Waals surface area contributed by atoms with E-state index in [1.807, 2.05) is 47.8 Å². The fourth-order valence-electron chi connectivity index (χ4n) is 2.75. The van der Waals surface area contributed by atoms with Crippen LogP contribution in [0.2, 0.25) is 0 Å². The summed E-state index contributed by atoms with van der Waals surface area (Å²) in [6.07, 6.45) is -0.713. The van der Waals surface area contributed by atoms with Crippen LogP contribution in [0.4, 0.5) is 5.13 Å². The number of hydrogen-bond acceptors (Lipinski definition) is 7. The van der Waals surface area contributed by atoms with Crippen LogP contribution in [-0.4, -0.2) is 28.6 Å². The third kappa shape index (κ3) is 3.13. The maximum absolute atomic E-state index is 12.5. The molecule has 0 spiro atoms. The lowest BCUT2D eigenvalue weighted by atomic mass is 10.2. The van der Waals surface area contributed by atoms with E-state index in [-0.39, 0.29) is 12.5 Å². The standard InChI is InChI=1S/C19H13N3O3S2/c23-17(15-9-24-13-6-2-3-7-14(13)25-15)22-19-21-12(10-26-19)18-20-11-5-1-4-8-16(11)27-18/h1-8,10,15H,9H2,(H,21,22,23)/t15-/m0/s1. The maximum Gasteiger partial charge on any atom is 0.270 e. The van der Waals surface area contributed by atoms with Gasteiger partial charge in [-0.1, -0.05) is 24.3 Å². The molecule has 1 amide bonds. The molecule has 1 atom stereocenters. The zero-order valence-corrected chi connectivity index (χ0v) is 15.5. The Labute approximate surface area is 162 Å². The van der Waals surface area contributed by atoms with Crippen LogP contribution < -0.4 is 14.8 Å². The molecule has 0 fully saturated rings. The summed E-state index contributed by atoms with van der Waals surface area (Å²) in [4.78, 5) is 21.6. The molecular formula is C19H13N3O3S2. The molecule has 2 aromatic carbocycles. The predicted molar refractivity (Wildman–Crippen MR) is 106 cm³/mol. The Bertz CT molecular complexity index is 1100. The number of amides is 1. The SMILES string of the molecule is O=C(Nc1nc(-c2nc3ccccc3s2)cs1)[C@@H]1COc2ccccc2O1. The fraction of sp³-hybridized carbons (Fsp3) is 0.105. The van der Waals surface area contributed by atoms with Gasteiger partial charge in [-0.3, -0.25) is 10.1 Å². The van der Waals surface area contributed by atoms with E-state index in [1.54, 1.807) is 17.4 Å². The van der Waals surface area contributed by atoms with Gasteiger partial charge in [0.2, 0.25) is 6.10 Å². The highest BCUT2D eigenvalue weighted by Gasteiger charge is 2.28. The van der Waals surface area contributed by atoms with E-state index >= 15 is 0 Å². The van der Waals surface area contributed by atoms with Crippen LogP contribution in [0.25, 0.3) is 20.9 Å². The number of anilines is 1. The molecule has 3 heterocycles. The smallest absolute Gasteiger partial charge is 0.270 e. The van der Waals surface area contributed by atoms with Crippen LogP contribution >= 0.6 is 22.7 Å². The Kier molecular flexibility index (Phi) is 3.99. The molecule has 1 N–H and O–H groups in total. The van der Waals surface area contributed by atoms with Gasteiger partial charge < -0.3 is 9.47 Å². The van der Waals surface area contributed by atoms with Gasteiger partial charge in [0.05, 0.1) is 10.2 Å². The lowest BCUT2D eigenvalue weighted by Crippen LogP contribution is -2.40. The summed E-state index contributed by atoms with van der Waals surface area (Å²) in [6, 6.07) is 15.3. The number of thiazole rings is 2. The predicted octanol–water partition coefficient (Wildman–Crippen LogP) is 4.20. The molecule has 5 rings (SSSR count). The molecular weight excluding hydrogens is 382 g/mol. The number of nitrogens with zero attached hydrogens (tertiary/aromatic N) is 2. The van der Waals surface area contributed by atoms with Crippen molar-refractivity contribution in [3.8, 4) is 22.2 Å². The minimum Gasteiger partial charge on any atom is -0.485 e. The number of benzene rings is 2. The van der Waals surface area contributed by atoms with Crippen molar-refractivity contribution in [3.63, 3.8) is 0 Å². The van der Waals surface area contributed by atoms with Gasteiger partial charge in [-0.05, 0) is 24.3 Å². The van der Waals surface area contributed by atoms with E-state index in [4.69, 9.17) is 9.47 Å². The van der Waals surface area contributed by atoms with Crippen molar-refractivity contribution in [1.82, 2.24) is 9.97 Å². The largest absolute Gasteiger partial charge is 0.485 e. The van der Waals surface area contributed by atoms with Gasteiger partial charge in [0.25, 0.3) is 5.91 Å². The number of nitrogens with one attached hydrogen (secondary N) is 1. The van der Waals surface area contributed by atoms with E-state index in [1.165, 1.54) is 11.3 Å². The van der Waals surface area contributed by atoms with Crippen LogP contribution in [0.3, 0.4) is 0 Å². The zero-order valence-electron chi connectivity index (χ0n) is 13.9. The van der Waals surface area contributed by atoms with Crippen molar-refractivity contribution in [2.75, 3.05) is 11.9 Å². The molecule has 0 radical (unpaired) electrons. The molecule has 0 aliphatic carbocycles. The first-order chi connectivity index (χ1) is 13.3.